The summed E-state index contributed by atoms with van der Waals surface area (Å²) >= 11 is 0. The van der Waals surface area contributed by atoms with E-state index in [2.05, 4.69) is 0 Å². The lowest BCUT2D eigenvalue weighted by Crippen LogP contribution is -2.55. The van der Waals surface area contributed by atoms with Gasteiger partial charge in [-0.1, -0.05) is 13.8 Å². The first-order valence-corrected chi connectivity index (χ1v) is 8.34. The third kappa shape index (κ3) is 4.44. The highest BCUT2D eigenvalue weighted by Crippen LogP contribution is 2.44. The minimum Gasteiger partial charge on any atom is -0.496 e. The Bertz CT molecular complexity index is 597. The summed E-state index contributed by atoms with van der Waals surface area (Å²) in [4.78, 5) is 1.63. The zero-order valence-corrected chi connectivity index (χ0v) is 14.8. The molecule has 7 heteroatoms. The molecule has 142 valence electrons. The lowest BCUT2D eigenvalue weighted by atomic mass is 9.74. The van der Waals surface area contributed by atoms with E-state index in [1.807, 2.05) is 0 Å². The molecule has 3 nitrogen and oxygen atoms in total. The highest BCUT2D eigenvalue weighted by Gasteiger charge is 2.56. The van der Waals surface area contributed by atoms with Gasteiger partial charge in [-0.3, -0.25) is 0 Å². The summed E-state index contributed by atoms with van der Waals surface area (Å²) in [5, 5.41) is 10.5. The van der Waals surface area contributed by atoms with Gasteiger partial charge in [0.05, 0.1) is 7.11 Å². The van der Waals surface area contributed by atoms with Crippen molar-refractivity contribution in [3.05, 3.63) is 29.6 Å². The maximum Gasteiger partial charge on any atom is 0.418 e. The van der Waals surface area contributed by atoms with Crippen molar-refractivity contribution < 1.29 is 27.4 Å². The van der Waals surface area contributed by atoms with E-state index in [0.29, 0.717) is 24.4 Å². The smallest absolute Gasteiger partial charge is 0.418 e. The third-order valence-electron chi connectivity index (χ3n) is 4.84. The Morgan fingerprint density at radius 1 is 1.16 bits per heavy atom. The fourth-order valence-electron chi connectivity index (χ4n) is 3.59. The average Bonchev–Trinajstić information content (AvgIpc) is 2.98. The van der Waals surface area contributed by atoms with Gasteiger partial charge in [-0.2, -0.15) is 13.2 Å². The predicted molar refractivity (Wildman–Crippen MR) is 87.3 cm³/mol. The van der Waals surface area contributed by atoms with E-state index >= 15 is 0 Å². The lowest BCUT2D eigenvalue weighted by molar-refractivity contribution is -0.271. The second-order valence-electron chi connectivity index (χ2n) is 7.42. The molecule has 1 heterocycles. The van der Waals surface area contributed by atoms with Gasteiger partial charge in [0.15, 0.2) is 5.60 Å². The van der Waals surface area contributed by atoms with Crippen LogP contribution < -0.4 is 4.74 Å². The van der Waals surface area contributed by atoms with Gasteiger partial charge in [0.25, 0.3) is 0 Å². The number of alkyl halides is 3. The number of aliphatic hydroxyl groups is 1. The van der Waals surface area contributed by atoms with Gasteiger partial charge in [0, 0.05) is 12.1 Å². The molecular weight excluding hydrogens is 338 g/mol. The van der Waals surface area contributed by atoms with Gasteiger partial charge >= 0.3 is 6.18 Å². The van der Waals surface area contributed by atoms with Crippen LogP contribution in [0.4, 0.5) is 17.6 Å². The van der Waals surface area contributed by atoms with Crippen molar-refractivity contribution in [1.29, 1.82) is 0 Å². The Balaban J connectivity index is 2.34. The molecule has 0 radical (unpaired) electrons. The van der Waals surface area contributed by atoms with E-state index in [4.69, 9.17) is 4.74 Å². The molecule has 1 saturated heterocycles. The van der Waals surface area contributed by atoms with Gasteiger partial charge in [0.1, 0.15) is 11.6 Å². The third-order valence-corrected chi connectivity index (χ3v) is 4.84. The second kappa shape index (κ2) is 7.11. The van der Waals surface area contributed by atoms with Gasteiger partial charge in [-0.15, -0.1) is 0 Å². The van der Waals surface area contributed by atoms with Crippen molar-refractivity contribution in [1.82, 2.24) is 4.90 Å². The van der Waals surface area contributed by atoms with Crippen molar-refractivity contribution in [2.24, 2.45) is 0 Å². The van der Waals surface area contributed by atoms with E-state index in [0.717, 1.165) is 12.8 Å². The molecule has 1 atom stereocenters. The molecule has 0 saturated carbocycles. The standard InChI is InChI=1S/C18H25F4NO2/c1-16(2,14-10-13(19)6-7-15(14)25-3)11-17(24,18(20,21)22)12-23-8-4-5-9-23/h6-7,10,24H,4-5,8-9,11-12H2,1-3H3. The first-order valence-electron chi connectivity index (χ1n) is 8.34. The largest absolute Gasteiger partial charge is 0.496 e. The average molecular weight is 363 g/mol. The summed E-state index contributed by atoms with van der Waals surface area (Å²) in [6, 6.07) is 3.75. The van der Waals surface area contributed by atoms with E-state index in [-0.39, 0.29) is 0 Å². The summed E-state index contributed by atoms with van der Waals surface area (Å²) in [5.74, 6) is -0.254. The second-order valence-corrected chi connectivity index (χ2v) is 7.42. The number of benzene rings is 1. The molecule has 1 unspecified atom stereocenters. The van der Waals surface area contributed by atoms with E-state index in [9.17, 15) is 22.7 Å². The molecule has 0 aliphatic carbocycles. The molecule has 0 amide bonds. The highest BCUT2D eigenvalue weighted by molar-refractivity contribution is 5.39. The molecule has 1 aromatic rings. The van der Waals surface area contributed by atoms with Crippen LogP contribution in [0.5, 0.6) is 5.75 Å². The van der Waals surface area contributed by atoms with Crippen molar-refractivity contribution in [3.8, 4) is 5.75 Å². The Morgan fingerprint density at radius 3 is 2.28 bits per heavy atom. The first kappa shape index (κ1) is 20.0. The maximum atomic E-state index is 13.7. The number of hydrogen-bond donors (Lipinski definition) is 1. The highest BCUT2D eigenvalue weighted by atomic mass is 19.4. The van der Waals surface area contributed by atoms with Crippen molar-refractivity contribution in [2.45, 2.75) is 50.3 Å². The topological polar surface area (TPSA) is 32.7 Å². The minimum absolute atomic E-state index is 0.303. The quantitative estimate of drug-likeness (QED) is 0.779. The first-order chi connectivity index (χ1) is 11.5. The van der Waals surface area contributed by atoms with Gasteiger partial charge < -0.3 is 14.7 Å². The number of nitrogens with zero attached hydrogens (tertiary/aromatic N) is 1. The van der Waals surface area contributed by atoms with Gasteiger partial charge in [-0.05, 0) is 56.0 Å². The summed E-state index contributed by atoms with van der Waals surface area (Å²) in [6.07, 6.45) is -3.71. The van der Waals surface area contributed by atoms with Crippen LogP contribution in [-0.4, -0.2) is 48.5 Å². The fourth-order valence-corrected chi connectivity index (χ4v) is 3.59. The minimum atomic E-state index is -4.78. The van der Waals surface area contributed by atoms with Crippen LogP contribution in [-0.2, 0) is 5.41 Å². The van der Waals surface area contributed by atoms with Crippen molar-refractivity contribution in [2.75, 3.05) is 26.7 Å². The van der Waals surface area contributed by atoms with Crippen LogP contribution in [0, 0.1) is 5.82 Å². The van der Waals surface area contributed by atoms with E-state index < -0.39 is 36.0 Å². The number of rotatable bonds is 6. The molecule has 0 bridgehead atoms. The summed E-state index contributed by atoms with van der Waals surface area (Å²) in [5.41, 5.74) is -3.71. The number of ether oxygens (including phenoxy) is 1. The SMILES string of the molecule is COc1ccc(F)cc1C(C)(C)CC(O)(CN1CCCC1)C(F)(F)F. The number of halogens is 4. The Kier molecular flexibility index (Phi) is 5.68. The predicted octanol–water partition coefficient (Wildman–Crippen LogP) is 3.89. The Labute approximate surface area is 145 Å². The molecule has 0 spiro atoms. The van der Waals surface area contributed by atoms with Crippen LogP contribution in [0.25, 0.3) is 0 Å². The van der Waals surface area contributed by atoms with E-state index in [1.165, 1.54) is 25.3 Å². The molecule has 1 aliphatic heterocycles. The summed E-state index contributed by atoms with van der Waals surface area (Å²) in [6.45, 7) is 3.73. The van der Waals surface area contributed by atoms with Gasteiger partial charge in [0.2, 0.25) is 0 Å². The van der Waals surface area contributed by atoms with Crippen molar-refractivity contribution >= 4 is 0 Å². The molecule has 25 heavy (non-hydrogen) atoms. The molecule has 1 aliphatic rings. The number of β-amino-alcohol motifs (C(OH)–C–C–N with tert-alkyl or cyclic N) is 1. The summed E-state index contributed by atoms with van der Waals surface area (Å²) < 4.78 is 59.9. The number of methoxy groups -OCH3 is 1. The maximum absolute atomic E-state index is 13.7. The molecular formula is C18H25F4NO2. The van der Waals surface area contributed by atoms with Gasteiger partial charge in [-0.25, -0.2) is 4.39 Å². The normalized spacial score (nSPS) is 19.0. The monoisotopic (exact) mass is 363 g/mol. The van der Waals surface area contributed by atoms with Crippen LogP contribution in [0.1, 0.15) is 38.7 Å². The van der Waals surface area contributed by atoms with Crippen LogP contribution in [0.3, 0.4) is 0 Å². The van der Waals surface area contributed by atoms with E-state index in [1.54, 1.807) is 18.7 Å². The Hall–Kier alpha value is -1.34. The number of likely N-dealkylation sites (tertiary alicyclic amines) is 1. The number of hydrogen-bond acceptors (Lipinski definition) is 3. The fraction of sp³-hybridized carbons (Fsp3) is 0.667. The Morgan fingerprint density at radius 2 is 1.76 bits per heavy atom. The zero-order chi connectivity index (χ0) is 18.9. The molecule has 1 N–H and O–H groups in total. The summed E-state index contributed by atoms with van der Waals surface area (Å²) in [7, 11) is 1.38. The lowest BCUT2D eigenvalue weighted by Gasteiger charge is -2.40. The van der Waals surface area contributed by atoms with Crippen LogP contribution in [0.15, 0.2) is 18.2 Å². The van der Waals surface area contributed by atoms with Crippen LogP contribution in [0.2, 0.25) is 0 Å². The molecule has 1 fully saturated rings. The van der Waals surface area contributed by atoms with Crippen molar-refractivity contribution in [3.63, 3.8) is 0 Å². The zero-order valence-electron chi connectivity index (χ0n) is 14.8. The molecule has 0 aromatic heterocycles. The molecule has 2 rings (SSSR count). The van der Waals surface area contributed by atoms with Crippen LogP contribution >= 0.6 is 0 Å². The molecule has 1 aromatic carbocycles.